The van der Waals surface area contributed by atoms with E-state index in [0.29, 0.717) is 13.2 Å². The van der Waals surface area contributed by atoms with Crippen molar-refractivity contribution in [2.24, 2.45) is 11.8 Å². The standard InChI is InChI=1S/C19H36O4/c1-5-16(18(20)22-7-3)14-12-10-9-11-13-15-17(6-2)19(21)23-8-4/h16-17H,5-15H2,1-4H3. The summed E-state index contributed by atoms with van der Waals surface area (Å²) in [5.41, 5.74) is 0. The van der Waals surface area contributed by atoms with Gasteiger partial charge in [0.1, 0.15) is 0 Å². The number of carbonyl (C=O) groups excluding carboxylic acids is 2. The maximum Gasteiger partial charge on any atom is 0.308 e. The lowest BCUT2D eigenvalue weighted by molar-refractivity contribution is -0.149. The normalized spacial score (nSPS) is 13.4. The van der Waals surface area contributed by atoms with Crippen molar-refractivity contribution in [1.82, 2.24) is 0 Å². The molecule has 0 N–H and O–H groups in total. The molecule has 0 aromatic rings. The van der Waals surface area contributed by atoms with E-state index < -0.39 is 0 Å². The molecule has 0 spiro atoms. The van der Waals surface area contributed by atoms with Gasteiger partial charge in [0.05, 0.1) is 25.0 Å². The van der Waals surface area contributed by atoms with Gasteiger partial charge in [0.2, 0.25) is 0 Å². The van der Waals surface area contributed by atoms with Gasteiger partial charge in [-0.25, -0.2) is 0 Å². The minimum Gasteiger partial charge on any atom is -0.466 e. The summed E-state index contributed by atoms with van der Waals surface area (Å²) in [4.78, 5) is 23.4. The van der Waals surface area contributed by atoms with Crippen LogP contribution in [0.25, 0.3) is 0 Å². The molecule has 4 nitrogen and oxygen atoms in total. The van der Waals surface area contributed by atoms with Gasteiger partial charge in [-0.3, -0.25) is 9.59 Å². The van der Waals surface area contributed by atoms with Crippen LogP contribution in [0.5, 0.6) is 0 Å². The van der Waals surface area contributed by atoms with Crippen molar-refractivity contribution < 1.29 is 19.1 Å². The quantitative estimate of drug-likeness (QED) is 0.336. The maximum atomic E-state index is 11.7. The molecule has 0 radical (unpaired) electrons. The van der Waals surface area contributed by atoms with Crippen LogP contribution in [0.2, 0.25) is 0 Å². The molecular weight excluding hydrogens is 292 g/mol. The van der Waals surface area contributed by atoms with Crippen LogP contribution in [-0.2, 0) is 19.1 Å². The van der Waals surface area contributed by atoms with Gasteiger partial charge in [-0.1, -0.05) is 46.0 Å². The van der Waals surface area contributed by atoms with E-state index >= 15 is 0 Å². The Morgan fingerprint density at radius 2 is 1.00 bits per heavy atom. The molecule has 0 amide bonds. The van der Waals surface area contributed by atoms with Crippen LogP contribution in [0.3, 0.4) is 0 Å². The third kappa shape index (κ3) is 10.4. The lowest BCUT2D eigenvalue weighted by atomic mass is 9.96. The number of rotatable bonds is 14. The Hall–Kier alpha value is -1.06. The van der Waals surface area contributed by atoms with E-state index in [-0.39, 0.29) is 23.8 Å². The predicted molar refractivity (Wildman–Crippen MR) is 93.1 cm³/mol. The average Bonchev–Trinajstić information content (AvgIpc) is 2.54. The summed E-state index contributed by atoms with van der Waals surface area (Å²) in [5.74, 6) is 0.0249. The molecular formula is C19H36O4. The SMILES string of the molecule is CCOC(=O)C(CC)CCCCCCCC(CC)C(=O)OCC. The molecule has 2 atom stereocenters. The Kier molecular flexibility index (Phi) is 13.9. The van der Waals surface area contributed by atoms with Gasteiger partial charge in [-0.05, 0) is 39.5 Å². The molecule has 0 saturated heterocycles. The highest BCUT2D eigenvalue weighted by Crippen LogP contribution is 2.19. The summed E-state index contributed by atoms with van der Waals surface area (Å²) in [5, 5.41) is 0. The first-order valence-electron chi connectivity index (χ1n) is 9.43. The van der Waals surface area contributed by atoms with Gasteiger partial charge in [-0.2, -0.15) is 0 Å². The van der Waals surface area contributed by atoms with E-state index in [9.17, 15) is 9.59 Å². The molecule has 0 aromatic heterocycles. The van der Waals surface area contributed by atoms with Crippen molar-refractivity contribution >= 4 is 11.9 Å². The van der Waals surface area contributed by atoms with Crippen LogP contribution >= 0.6 is 0 Å². The average molecular weight is 328 g/mol. The van der Waals surface area contributed by atoms with Crippen molar-refractivity contribution in [2.45, 2.75) is 85.5 Å². The van der Waals surface area contributed by atoms with Crippen molar-refractivity contribution in [3.63, 3.8) is 0 Å². The molecule has 0 rings (SSSR count). The van der Waals surface area contributed by atoms with Crippen molar-refractivity contribution in [2.75, 3.05) is 13.2 Å². The van der Waals surface area contributed by atoms with E-state index in [1.54, 1.807) is 0 Å². The first kappa shape index (κ1) is 21.9. The smallest absolute Gasteiger partial charge is 0.308 e. The number of unbranched alkanes of at least 4 members (excludes halogenated alkanes) is 4. The summed E-state index contributed by atoms with van der Waals surface area (Å²) in [6.07, 6.45) is 9.17. The zero-order valence-electron chi connectivity index (χ0n) is 15.6. The van der Waals surface area contributed by atoms with E-state index in [4.69, 9.17) is 9.47 Å². The largest absolute Gasteiger partial charge is 0.466 e. The van der Waals surface area contributed by atoms with Crippen LogP contribution in [-0.4, -0.2) is 25.2 Å². The molecule has 0 bridgehead atoms. The Bertz CT molecular complexity index is 284. The zero-order valence-corrected chi connectivity index (χ0v) is 15.6. The second-order valence-electron chi connectivity index (χ2n) is 6.06. The molecule has 4 heteroatoms. The predicted octanol–water partition coefficient (Wildman–Crippen LogP) is 4.90. The lowest BCUT2D eigenvalue weighted by Gasteiger charge is -2.14. The van der Waals surface area contributed by atoms with E-state index in [1.165, 1.54) is 6.42 Å². The third-order valence-electron chi connectivity index (χ3n) is 4.33. The first-order valence-corrected chi connectivity index (χ1v) is 9.43. The van der Waals surface area contributed by atoms with Gasteiger partial charge in [0, 0.05) is 0 Å². The highest BCUT2D eigenvalue weighted by molar-refractivity contribution is 5.72. The van der Waals surface area contributed by atoms with Gasteiger partial charge in [0.15, 0.2) is 0 Å². The maximum absolute atomic E-state index is 11.7. The van der Waals surface area contributed by atoms with Gasteiger partial charge >= 0.3 is 11.9 Å². The molecule has 0 heterocycles. The molecule has 0 aliphatic carbocycles. The summed E-state index contributed by atoms with van der Waals surface area (Å²) in [7, 11) is 0. The first-order chi connectivity index (χ1) is 11.1. The Morgan fingerprint density at radius 3 is 1.30 bits per heavy atom. The monoisotopic (exact) mass is 328 g/mol. The van der Waals surface area contributed by atoms with Crippen LogP contribution < -0.4 is 0 Å². The molecule has 23 heavy (non-hydrogen) atoms. The fourth-order valence-corrected chi connectivity index (χ4v) is 2.81. The van der Waals surface area contributed by atoms with Crippen LogP contribution in [0.4, 0.5) is 0 Å². The van der Waals surface area contributed by atoms with Crippen LogP contribution in [0.1, 0.15) is 85.5 Å². The number of hydrogen-bond donors (Lipinski definition) is 0. The van der Waals surface area contributed by atoms with Crippen LogP contribution in [0.15, 0.2) is 0 Å². The van der Waals surface area contributed by atoms with Gasteiger partial charge in [-0.15, -0.1) is 0 Å². The number of carbonyl (C=O) groups is 2. The Balaban J connectivity index is 3.72. The highest BCUT2D eigenvalue weighted by atomic mass is 16.5. The summed E-state index contributed by atoms with van der Waals surface area (Å²) in [6, 6.07) is 0. The minimum atomic E-state index is -0.0461. The summed E-state index contributed by atoms with van der Waals surface area (Å²) < 4.78 is 10.2. The lowest BCUT2D eigenvalue weighted by Crippen LogP contribution is -2.17. The molecule has 136 valence electrons. The number of esters is 2. The number of ether oxygens (including phenoxy) is 2. The molecule has 0 aromatic carbocycles. The molecule has 0 aliphatic rings. The van der Waals surface area contributed by atoms with Crippen molar-refractivity contribution in [3.05, 3.63) is 0 Å². The number of hydrogen-bond acceptors (Lipinski definition) is 4. The summed E-state index contributed by atoms with van der Waals surface area (Å²) >= 11 is 0. The fourth-order valence-electron chi connectivity index (χ4n) is 2.81. The third-order valence-corrected chi connectivity index (χ3v) is 4.33. The minimum absolute atomic E-state index is 0.0461. The van der Waals surface area contributed by atoms with E-state index in [1.807, 2.05) is 27.7 Å². The Labute approximate surface area is 142 Å². The van der Waals surface area contributed by atoms with Gasteiger partial charge < -0.3 is 9.47 Å². The van der Waals surface area contributed by atoms with Crippen molar-refractivity contribution in [1.29, 1.82) is 0 Å². The van der Waals surface area contributed by atoms with E-state index in [2.05, 4.69) is 0 Å². The highest BCUT2D eigenvalue weighted by Gasteiger charge is 2.18. The molecule has 0 saturated carbocycles. The van der Waals surface area contributed by atoms with Crippen molar-refractivity contribution in [3.8, 4) is 0 Å². The Morgan fingerprint density at radius 1 is 0.652 bits per heavy atom. The second kappa shape index (κ2) is 14.5. The summed E-state index contributed by atoms with van der Waals surface area (Å²) in [6.45, 7) is 8.72. The van der Waals surface area contributed by atoms with E-state index in [0.717, 1.165) is 51.4 Å². The molecule has 0 fully saturated rings. The molecule has 0 aliphatic heterocycles. The fraction of sp³-hybridized carbons (Fsp3) is 0.895. The molecule has 2 unspecified atom stereocenters. The topological polar surface area (TPSA) is 52.6 Å². The van der Waals surface area contributed by atoms with Crippen LogP contribution in [0, 0.1) is 11.8 Å². The second-order valence-corrected chi connectivity index (χ2v) is 6.06. The zero-order chi connectivity index (χ0) is 17.5. The van der Waals surface area contributed by atoms with Gasteiger partial charge in [0.25, 0.3) is 0 Å².